The summed E-state index contributed by atoms with van der Waals surface area (Å²) in [6, 6.07) is 5.87. The van der Waals surface area contributed by atoms with Crippen molar-refractivity contribution in [3.8, 4) is 0 Å². The Bertz CT molecular complexity index is 518. The molecule has 1 aliphatic rings. The minimum Gasteiger partial charge on any atom is -0.325 e. The fraction of sp³-hybridized carbons (Fsp3) is 0.364. The highest BCUT2D eigenvalue weighted by Crippen LogP contribution is 2.30. The van der Waals surface area contributed by atoms with Crippen molar-refractivity contribution in [2.45, 2.75) is 25.4 Å². The average molecular weight is 222 g/mol. The van der Waals surface area contributed by atoms with Crippen LogP contribution in [0.5, 0.6) is 0 Å². The maximum absolute atomic E-state index is 6.18. The van der Waals surface area contributed by atoms with Crippen molar-refractivity contribution in [1.82, 2.24) is 9.55 Å². The standard InChI is InChI=1S/C11H12ClN3/c12-7-3-1-5-9-10(7)15-6-2-4-8(13)11(15)14-9/h1,3,5,8H,2,4,6,13H2. The summed E-state index contributed by atoms with van der Waals surface area (Å²) in [6.45, 7) is 0.975. The van der Waals surface area contributed by atoms with Gasteiger partial charge in [-0.1, -0.05) is 17.7 Å². The highest BCUT2D eigenvalue weighted by molar-refractivity contribution is 6.35. The van der Waals surface area contributed by atoms with E-state index in [4.69, 9.17) is 17.3 Å². The van der Waals surface area contributed by atoms with Gasteiger partial charge in [0.25, 0.3) is 0 Å². The van der Waals surface area contributed by atoms with Crippen molar-refractivity contribution in [2.75, 3.05) is 0 Å². The predicted molar refractivity (Wildman–Crippen MR) is 60.9 cm³/mol. The van der Waals surface area contributed by atoms with Gasteiger partial charge in [-0.15, -0.1) is 0 Å². The largest absolute Gasteiger partial charge is 0.325 e. The molecule has 0 spiro atoms. The van der Waals surface area contributed by atoms with E-state index in [2.05, 4.69) is 9.55 Å². The monoisotopic (exact) mass is 221 g/mol. The molecule has 1 aliphatic heterocycles. The zero-order chi connectivity index (χ0) is 10.4. The number of nitrogens with two attached hydrogens (primary N) is 1. The highest BCUT2D eigenvalue weighted by atomic mass is 35.5. The minimum atomic E-state index is 0.0576. The van der Waals surface area contributed by atoms with Gasteiger partial charge in [0, 0.05) is 6.54 Å². The smallest absolute Gasteiger partial charge is 0.126 e. The fourth-order valence-electron chi connectivity index (χ4n) is 2.27. The molecular weight excluding hydrogens is 210 g/mol. The SMILES string of the molecule is NC1CCCn2c1nc1cccc(Cl)c12. The normalized spacial score (nSPS) is 20.5. The van der Waals surface area contributed by atoms with Crippen LogP contribution in [0.4, 0.5) is 0 Å². The lowest BCUT2D eigenvalue weighted by Crippen LogP contribution is -2.22. The molecule has 4 heteroatoms. The Kier molecular flexibility index (Phi) is 1.97. The number of para-hydroxylation sites is 1. The summed E-state index contributed by atoms with van der Waals surface area (Å²) in [5, 5.41) is 0.764. The molecule has 2 heterocycles. The number of aryl methyl sites for hydroxylation is 1. The number of rotatable bonds is 0. The fourth-order valence-corrected chi connectivity index (χ4v) is 2.54. The van der Waals surface area contributed by atoms with Gasteiger partial charge in [-0.05, 0) is 25.0 Å². The van der Waals surface area contributed by atoms with Crippen LogP contribution < -0.4 is 5.73 Å². The molecule has 0 aliphatic carbocycles. The molecule has 78 valence electrons. The number of halogens is 1. The van der Waals surface area contributed by atoms with E-state index in [9.17, 15) is 0 Å². The van der Waals surface area contributed by atoms with E-state index in [-0.39, 0.29) is 6.04 Å². The first kappa shape index (κ1) is 9.19. The van der Waals surface area contributed by atoms with E-state index in [0.29, 0.717) is 0 Å². The van der Waals surface area contributed by atoms with Crippen molar-refractivity contribution in [3.63, 3.8) is 0 Å². The van der Waals surface area contributed by atoms with E-state index in [1.807, 2.05) is 18.2 Å². The maximum atomic E-state index is 6.18. The van der Waals surface area contributed by atoms with Crippen LogP contribution >= 0.6 is 11.6 Å². The van der Waals surface area contributed by atoms with Gasteiger partial charge in [-0.25, -0.2) is 4.98 Å². The van der Waals surface area contributed by atoms with Gasteiger partial charge < -0.3 is 10.3 Å². The summed E-state index contributed by atoms with van der Waals surface area (Å²) in [6.07, 6.45) is 2.12. The molecule has 0 radical (unpaired) electrons. The van der Waals surface area contributed by atoms with Gasteiger partial charge in [-0.3, -0.25) is 0 Å². The maximum Gasteiger partial charge on any atom is 0.126 e. The molecular formula is C11H12ClN3. The van der Waals surface area contributed by atoms with E-state index in [1.165, 1.54) is 0 Å². The summed E-state index contributed by atoms with van der Waals surface area (Å²) in [4.78, 5) is 4.55. The summed E-state index contributed by atoms with van der Waals surface area (Å²) < 4.78 is 2.16. The van der Waals surface area contributed by atoms with Gasteiger partial charge in [-0.2, -0.15) is 0 Å². The van der Waals surface area contributed by atoms with Crippen LogP contribution in [0, 0.1) is 0 Å². The second-order valence-electron chi connectivity index (χ2n) is 3.98. The third-order valence-corrected chi connectivity index (χ3v) is 3.28. The first-order chi connectivity index (χ1) is 7.27. The number of fused-ring (bicyclic) bond motifs is 3. The Morgan fingerprint density at radius 2 is 2.33 bits per heavy atom. The van der Waals surface area contributed by atoms with Crippen molar-refractivity contribution in [2.24, 2.45) is 5.73 Å². The zero-order valence-electron chi connectivity index (χ0n) is 8.28. The summed E-state index contributed by atoms with van der Waals surface area (Å²) in [5.41, 5.74) is 8.02. The quantitative estimate of drug-likeness (QED) is 0.743. The number of hydrogen-bond acceptors (Lipinski definition) is 2. The molecule has 0 fully saturated rings. The van der Waals surface area contributed by atoms with Crippen LogP contribution in [0.2, 0.25) is 5.02 Å². The Balaban J connectivity index is 2.36. The van der Waals surface area contributed by atoms with E-state index >= 15 is 0 Å². The lowest BCUT2D eigenvalue weighted by molar-refractivity contribution is 0.459. The highest BCUT2D eigenvalue weighted by Gasteiger charge is 2.21. The first-order valence-corrected chi connectivity index (χ1v) is 5.55. The third-order valence-electron chi connectivity index (χ3n) is 2.98. The molecule has 0 saturated carbocycles. The molecule has 3 nitrogen and oxygen atoms in total. The van der Waals surface area contributed by atoms with Gasteiger partial charge in [0.2, 0.25) is 0 Å². The van der Waals surface area contributed by atoms with Crippen LogP contribution in [0.25, 0.3) is 11.0 Å². The topological polar surface area (TPSA) is 43.8 Å². The van der Waals surface area contributed by atoms with Crippen LogP contribution in [0.3, 0.4) is 0 Å². The van der Waals surface area contributed by atoms with Gasteiger partial charge in [0.1, 0.15) is 5.82 Å². The van der Waals surface area contributed by atoms with Crippen LogP contribution in [0.15, 0.2) is 18.2 Å². The summed E-state index contributed by atoms with van der Waals surface area (Å²) in [5.74, 6) is 0.976. The molecule has 1 aromatic heterocycles. The molecule has 1 aromatic carbocycles. The van der Waals surface area contributed by atoms with Gasteiger partial charge in [0.05, 0.1) is 22.1 Å². The number of imidazole rings is 1. The number of hydrogen-bond donors (Lipinski definition) is 1. The van der Waals surface area contributed by atoms with Crippen molar-refractivity contribution >= 4 is 22.6 Å². The summed E-state index contributed by atoms with van der Waals surface area (Å²) in [7, 11) is 0. The molecule has 2 N–H and O–H groups in total. The van der Waals surface area contributed by atoms with Crippen molar-refractivity contribution < 1.29 is 0 Å². The first-order valence-electron chi connectivity index (χ1n) is 5.17. The van der Waals surface area contributed by atoms with Gasteiger partial charge in [0.15, 0.2) is 0 Å². The minimum absolute atomic E-state index is 0.0576. The predicted octanol–water partition coefficient (Wildman–Crippen LogP) is 2.48. The Hall–Kier alpha value is -1.06. The second kappa shape index (κ2) is 3.22. The number of nitrogens with zero attached hydrogens (tertiary/aromatic N) is 2. The number of aromatic nitrogens is 2. The Morgan fingerprint density at radius 1 is 1.47 bits per heavy atom. The lowest BCUT2D eigenvalue weighted by Gasteiger charge is -2.20. The molecule has 2 aromatic rings. The molecule has 3 rings (SSSR count). The van der Waals surface area contributed by atoms with E-state index in [1.54, 1.807) is 0 Å². The zero-order valence-corrected chi connectivity index (χ0v) is 9.04. The Morgan fingerprint density at radius 3 is 3.20 bits per heavy atom. The molecule has 15 heavy (non-hydrogen) atoms. The van der Waals surface area contributed by atoms with Gasteiger partial charge >= 0.3 is 0 Å². The third kappa shape index (κ3) is 1.27. The molecule has 0 amide bonds. The number of benzene rings is 1. The van der Waals surface area contributed by atoms with Crippen LogP contribution in [-0.4, -0.2) is 9.55 Å². The second-order valence-corrected chi connectivity index (χ2v) is 4.39. The summed E-state index contributed by atoms with van der Waals surface area (Å²) >= 11 is 6.18. The lowest BCUT2D eigenvalue weighted by atomic mass is 10.1. The molecule has 0 bridgehead atoms. The average Bonchev–Trinajstić information content (AvgIpc) is 2.59. The van der Waals surface area contributed by atoms with Crippen LogP contribution in [-0.2, 0) is 6.54 Å². The molecule has 0 saturated heterocycles. The van der Waals surface area contributed by atoms with Crippen LogP contribution in [0.1, 0.15) is 24.7 Å². The van der Waals surface area contributed by atoms with Crippen molar-refractivity contribution in [3.05, 3.63) is 29.0 Å². The molecule has 1 atom stereocenters. The Labute approximate surface area is 92.8 Å². The van der Waals surface area contributed by atoms with E-state index in [0.717, 1.165) is 41.3 Å². The van der Waals surface area contributed by atoms with Crippen molar-refractivity contribution in [1.29, 1.82) is 0 Å². The van der Waals surface area contributed by atoms with E-state index < -0.39 is 0 Å². The molecule has 1 unspecified atom stereocenters.